The Balaban J connectivity index is 1.96. The van der Waals surface area contributed by atoms with E-state index in [4.69, 9.17) is 30.5 Å². The molecule has 202 valence electrons. The lowest BCUT2D eigenvalue weighted by molar-refractivity contribution is -0.132. The van der Waals surface area contributed by atoms with Crippen LogP contribution in [0.2, 0.25) is 5.02 Å². The molecule has 1 N–H and O–H groups in total. The number of rotatable bonds is 8. The van der Waals surface area contributed by atoms with Crippen molar-refractivity contribution in [3.8, 4) is 17.2 Å². The Morgan fingerprint density at radius 3 is 2.26 bits per heavy atom. The van der Waals surface area contributed by atoms with Crippen LogP contribution in [0.15, 0.2) is 66.2 Å². The van der Waals surface area contributed by atoms with Crippen molar-refractivity contribution in [3.63, 3.8) is 0 Å². The summed E-state index contributed by atoms with van der Waals surface area (Å²) in [4.78, 5) is 40.6. The molecule has 9 nitrogen and oxygen atoms in total. The van der Waals surface area contributed by atoms with Crippen LogP contribution in [0.1, 0.15) is 34.5 Å². The van der Waals surface area contributed by atoms with E-state index in [2.05, 4.69) is 0 Å². The molecule has 1 unspecified atom stereocenters. The van der Waals surface area contributed by atoms with Crippen molar-refractivity contribution in [1.82, 2.24) is 0 Å². The van der Waals surface area contributed by atoms with E-state index in [1.54, 1.807) is 49.4 Å². The minimum atomic E-state index is -1.06. The number of methoxy groups -OCH3 is 3. The van der Waals surface area contributed by atoms with Gasteiger partial charge in [-0.05, 0) is 48.9 Å². The smallest absolute Gasteiger partial charge is 0.338 e. The first-order valence-electron chi connectivity index (χ1n) is 11.9. The average molecular weight is 552 g/mol. The summed E-state index contributed by atoms with van der Waals surface area (Å²) in [6, 6.07) is 14.7. The van der Waals surface area contributed by atoms with Crippen molar-refractivity contribution in [2.24, 2.45) is 0 Å². The van der Waals surface area contributed by atoms with Crippen LogP contribution in [0.3, 0.4) is 0 Å². The number of benzene rings is 3. The second kappa shape index (κ2) is 11.5. The molecule has 1 amide bonds. The van der Waals surface area contributed by atoms with Crippen molar-refractivity contribution >= 4 is 40.7 Å². The van der Waals surface area contributed by atoms with Crippen molar-refractivity contribution < 1.29 is 38.4 Å². The second-order valence-corrected chi connectivity index (χ2v) is 8.81. The van der Waals surface area contributed by atoms with Crippen LogP contribution in [0.4, 0.5) is 5.69 Å². The number of hydrogen-bond donors (Lipinski definition) is 1. The third-order valence-corrected chi connectivity index (χ3v) is 6.54. The third-order valence-electron chi connectivity index (χ3n) is 6.24. The molecule has 0 bridgehead atoms. The monoisotopic (exact) mass is 551 g/mol. The van der Waals surface area contributed by atoms with Gasteiger partial charge in [0.2, 0.25) is 0 Å². The van der Waals surface area contributed by atoms with Gasteiger partial charge in [0, 0.05) is 11.8 Å². The topological polar surface area (TPSA) is 112 Å². The Morgan fingerprint density at radius 1 is 0.949 bits per heavy atom. The first-order chi connectivity index (χ1) is 18.7. The molecule has 1 aliphatic heterocycles. The zero-order valence-electron chi connectivity index (χ0n) is 21.7. The predicted molar refractivity (Wildman–Crippen MR) is 145 cm³/mol. The van der Waals surface area contributed by atoms with Crippen LogP contribution in [0.5, 0.6) is 17.2 Å². The fourth-order valence-electron chi connectivity index (χ4n) is 4.39. The van der Waals surface area contributed by atoms with Crippen LogP contribution in [-0.4, -0.2) is 50.7 Å². The van der Waals surface area contributed by atoms with Crippen LogP contribution in [-0.2, 0) is 14.3 Å². The van der Waals surface area contributed by atoms with E-state index in [-0.39, 0.29) is 39.8 Å². The molecule has 1 atom stereocenters. The van der Waals surface area contributed by atoms with Gasteiger partial charge in [0.1, 0.15) is 23.0 Å². The molecular formula is C29H26ClNO8. The fourth-order valence-corrected chi connectivity index (χ4v) is 4.63. The lowest BCUT2D eigenvalue weighted by Crippen LogP contribution is -2.29. The molecule has 0 aliphatic carbocycles. The maximum atomic E-state index is 13.5. The number of ether oxygens (including phenoxy) is 4. The number of carbonyl (C=O) groups excluding carboxylic acids is 3. The van der Waals surface area contributed by atoms with Gasteiger partial charge in [0.05, 0.1) is 55.7 Å². The highest BCUT2D eigenvalue weighted by atomic mass is 35.5. The van der Waals surface area contributed by atoms with E-state index in [0.29, 0.717) is 17.1 Å². The summed E-state index contributed by atoms with van der Waals surface area (Å²) in [7, 11) is 4.33. The Hall–Kier alpha value is -4.50. The minimum absolute atomic E-state index is 0.0973. The zero-order chi connectivity index (χ0) is 28.3. The molecule has 10 heteroatoms. The van der Waals surface area contributed by atoms with E-state index in [9.17, 15) is 19.5 Å². The van der Waals surface area contributed by atoms with Crippen LogP contribution in [0.25, 0.3) is 5.76 Å². The third kappa shape index (κ3) is 5.13. The van der Waals surface area contributed by atoms with Gasteiger partial charge < -0.3 is 24.1 Å². The molecule has 3 aromatic carbocycles. The number of Topliss-reactive ketones (excluding diaryl/α,β-unsaturated/α-hetero) is 1. The van der Waals surface area contributed by atoms with Gasteiger partial charge in [-0.3, -0.25) is 14.5 Å². The molecule has 0 aromatic heterocycles. The minimum Gasteiger partial charge on any atom is -0.507 e. The van der Waals surface area contributed by atoms with Crippen LogP contribution in [0, 0.1) is 0 Å². The first kappa shape index (κ1) is 27.5. The number of carbonyl (C=O) groups is 3. The molecular weight excluding hydrogens is 526 g/mol. The van der Waals surface area contributed by atoms with Gasteiger partial charge in [-0.1, -0.05) is 29.8 Å². The summed E-state index contributed by atoms with van der Waals surface area (Å²) >= 11 is 6.32. The molecule has 1 aliphatic rings. The second-order valence-electron chi connectivity index (χ2n) is 8.40. The Kier molecular flexibility index (Phi) is 8.11. The molecule has 1 fully saturated rings. The number of aliphatic hydroxyl groups excluding tert-OH is 1. The summed E-state index contributed by atoms with van der Waals surface area (Å²) in [5, 5.41) is 11.7. The number of nitrogens with zero attached hydrogens (tertiary/aromatic N) is 1. The van der Waals surface area contributed by atoms with E-state index in [0.717, 1.165) is 0 Å². The lowest BCUT2D eigenvalue weighted by Gasteiger charge is -2.26. The maximum Gasteiger partial charge on any atom is 0.338 e. The largest absolute Gasteiger partial charge is 0.507 e. The van der Waals surface area contributed by atoms with E-state index < -0.39 is 29.5 Å². The highest BCUT2D eigenvalue weighted by molar-refractivity contribution is 6.51. The fraction of sp³-hybridized carbons (Fsp3) is 0.207. The normalized spacial score (nSPS) is 16.2. The SMILES string of the molecule is CCOC(=O)c1cccc(N2C(=O)C(=O)/C(=C(/O)c3cc(Cl)c(OC)cc3OC)C2c2ccc(OC)cc2)c1. The summed E-state index contributed by atoms with van der Waals surface area (Å²) in [6.07, 6.45) is 0. The molecule has 0 saturated carbocycles. The van der Waals surface area contributed by atoms with Gasteiger partial charge in [-0.2, -0.15) is 0 Å². The Labute approximate surface area is 230 Å². The number of amides is 1. The Bertz CT molecular complexity index is 1460. The van der Waals surface area contributed by atoms with Gasteiger partial charge in [-0.15, -0.1) is 0 Å². The Morgan fingerprint density at radius 2 is 1.64 bits per heavy atom. The number of ketones is 1. The van der Waals surface area contributed by atoms with Crippen LogP contribution < -0.4 is 19.1 Å². The van der Waals surface area contributed by atoms with E-state index in [1.165, 1.54) is 44.4 Å². The quantitative estimate of drug-likeness (QED) is 0.177. The number of hydrogen-bond acceptors (Lipinski definition) is 8. The van der Waals surface area contributed by atoms with Gasteiger partial charge in [-0.25, -0.2) is 4.79 Å². The molecule has 1 heterocycles. The highest BCUT2D eigenvalue weighted by Crippen LogP contribution is 2.45. The zero-order valence-corrected chi connectivity index (χ0v) is 22.4. The predicted octanol–water partition coefficient (Wildman–Crippen LogP) is 5.17. The number of halogens is 1. The number of anilines is 1. The average Bonchev–Trinajstić information content (AvgIpc) is 3.22. The lowest BCUT2D eigenvalue weighted by atomic mass is 9.94. The number of aliphatic hydroxyl groups is 1. The molecule has 3 aromatic rings. The molecule has 1 saturated heterocycles. The van der Waals surface area contributed by atoms with E-state index >= 15 is 0 Å². The first-order valence-corrected chi connectivity index (χ1v) is 12.3. The van der Waals surface area contributed by atoms with Gasteiger partial charge in [0.15, 0.2) is 0 Å². The van der Waals surface area contributed by atoms with Crippen molar-refractivity contribution in [1.29, 1.82) is 0 Å². The molecule has 39 heavy (non-hydrogen) atoms. The highest BCUT2D eigenvalue weighted by Gasteiger charge is 2.47. The summed E-state index contributed by atoms with van der Waals surface area (Å²) in [5.41, 5.74) is 0.888. The molecule has 0 radical (unpaired) electrons. The van der Waals surface area contributed by atoms with Gasteiger partial charge in [0.25, 0.3) is 11.7 Å². The van der Waals surface area contributed by atoms with E-state index in [1.807, 2.05) is 0 Å². The van der Waals surface area contributed by atoms with Crippen molar-refractivity contribution in [2.75, 3.05) is 32.8 Å². The maximum absolute atomic E-state index is 13.5. The van der Waals surface area contributed by atoms with Gasteiger partial charge >= 0.3 is 5.97 Å². The molecule has 0 spiro atoms. The standard InChI is InChI=1S/C29H26ClNO8/c1-5-39-29(35)17-7-6-8-18(13-17)31-25(16-9-11-19(36-2)12-10-16)24(27(33)28(31)34)26(32)20-14-21(30)23(38-4)15-22(20)37-3/h6-15,25,32H,5H2,1-4H3/b26-24+. The van der Waals surface area contributed by atoms with Crippen LogP contribution >= 0.6 is 11.6 Å². The number of esters is 1. The molecule has 4 rings (SSSR count). The van der Waals surface area contributed by atoms with Crippen molar-refractivity contribution in [2.45, 2.75) is 13.0 Å². The van der Waals surface area contributed by atoms with Crippen molar-refractivity contribution in [3.05, 3.63) is 87.9 Å². The summed E-state index contributed by atoms with van der Waals surface area (Å²) < 4.78 is 21.0. The summed E-state index contributed by atoms with van der Waals surface area (Å²) in [5.74, 6) is -1.84. The summed E-state index contributed by atoms with van der Waals surface area (Å²) in [6.45, 7) is 1.86.